The van der Waals surface area contributed by atoms with Crippen LogP contribution in [0.2, 0.25) is 0 Å². The minimum atomic E-state index is -0.595. The van der Waals surface area contributed by atoms with Gasteiger partial charge in [-0.15, -0.1) is 0 Å². The van der Waals surface area contributed by atoms with Crippen LogP contribution in [0.15, 0.2) is 18.2 Å². The third-order valence-corrected chi connectivity index (χ3v) is 2.75. The molecular weight excluding hydrogens is 212 g/mol. The molecule has 0 heterocycles. The highest BCUT2D eigenvalue weighted by Crippen LogP contribution is 2.28. The zero-order valence-corrected chi connectivity index (χ0v) is 9.04. The Kier molecular flexibility index (Phi) is 2.90. The van der Waals surface area contributed by atoms with Gasteiger partial charge in [0.2, 0.25) is 5.91 Å². The fourth-order valence-electron chi connectivity index (χ4n) is 1.72. The topological polar surface area (TPSA) is 20.3 Å². The van der Waals surface area contributed by atoms with E-state index in [0.29, 0.717) is 5.56 Å². The zero-order valence-electron chi connectivity index (χ0n) is 9.04. The van der Waals surface area contributed by atoms with E-state index in [2.05, 4.69) is 0 Å². The molecule has 86 valence electrons. The van der Waals surface area contributed by atoms with Gasteiger partial charge < -0.3 is 4.90 Å². The van der Waals surface area contributed by atoms with Crippen LogP contribution in [0.5, 0.6) is 0 Å². The van der Waals surface area contributed by atoms with Gasteiger partial charge in [-0.2, -0.15) is 0 Å². The molecule has 0 bridgehead atoms. The lowest BCUT2D eigenvalue weighted by molar-refractivity contribution is -0.130. The number of nitrogens with zero attached hydrogens (tertiary/aromatic N) is 1. The molecule has 16 heavy (non-hydrogen) atoms. The molecule has 0 aliphatic heterocycles. The monoisotopic (exact) mass is 225 g/mol. The average Bonchev–Trinajstić information content (AvgIpc) is 2.99. The molecule has 0 unspecified atom stereocenters. The number of carbonyl (C=O) groups excluding carboxylic acids is 1. The van der Waals surface area contributed by atoms with Crippen LogP contribution in [-0.4, -0.2) is 16.8 Å². The minimum Gasteiger partial charge on any atom is -0.336 e. The highest BCUT2D eigenvalue weighted by molar-refractivity contribution is 5.74. The summed E-state index contributed by atoms with van der Waals surface area (Å²) in [7, 11) is 0. The smallest absolute Gasteiger partial charge is 0.219 e. The Balaban J connectivity index is 2.15. The summed E-state index contributed by atoms with van der Waals surface area (Å²) in [5.74, 6) is -1.25. The highest BCUT2D eigenvalue weighted by Gasteiger charge is 2.31. The van der Waals surface area contributed by atoms with Gasteiger partial charge in [-0.05, 0) is 18.9 Å². The first-order valence-electron chi connectivity index (χ1n) is 5.29. The number of hydrogen-bond acceptors (Lipinski definition) is 1. The van der Waals surface area contributed by atoms with Gasteiger partial charge in [-0.1, -0.05) is 6.07 Å². The predicted molar refractivity (Wildman–Crippen MR) is 55.6 cm³/mol. The number of hydrogen-bond donors (Lipinski definition) is 0. The maximum atomic E-state index is 13.4. The lowest BCUT2D eigenvalue weighted by atomic mass is 10.2. The lowest BCUT2D eigenvalue weighted by Gasteiger charge is -2.20. The molecule has 1 aromatic carbocycles. The molecule has 1 fully saturated rings. The summed E-state index contributed by atoms with van der Waals surface area (Å²) in [6.07, 6.45) is 1.95. The van der Waals surface area contributed by atoms with Gasteiger partial charge in [0.05, 0.1) is 0 Å². The molecule has 2 nitrogen and oxygen atoms in total. The van der Waals surface area contributed by atoms with Crippen LogP contribution in [0.4, 0.5) is 8.78 Å². The number of carbonyl (C=O) groups is 1. The molecule has 0 N–H and O–H groups in total. The van der Waals surface area contributed by atoms with Gasteiger partial charge >= 0.3 is 0 Å². The number of halogens is 2. The first kappa shape index (κ1) is 11.0. The van der Waals surface area contributed by atoms with E-state index in [1.807, 2.05) is 0 Å². The number of rotatable bonds is 3. The van der Waals surface area contributed by atoms with Crippen LogP contribution in [0.25, 0.3) is 0 Å². The fourth-order valence-corrected chi connectivity index (χ4v) is 1.72. The van der Waals surface area contributed by atoms with Crippen molar-refractivity contribution in [1.82, 2.24) is 4.90 Å². The molecule has 2 rings (SSSR count). The Morgan fingerprint density at radius 3 is 2.62 bits per heavy atom. The second kappa shape index (κ2) is 4.20. The Hall–Kier alpha value is -1.45. The van der Waals surface area contributed by atoms with Crippen molar-refractivity contribution in [2.45, 2.75) is 32.4 Å². The van der Waals surface area contributed by atoms with Crippen LogP contribution in [-0.2, 0) is 11.3 Å². The largest absolute Gasteiger partial charge is 0.336 e. The molecule has 1 saturated carbocycles. The summed E-state index contributed by atoms with van der Waals surface area (Å²) in [6.45, 7) is 1.70. The molecule has 1 aromatic rings. The van der Waals surface area contributed by atoms with Crippen LogP contribution < -0.4 is 0 Å². The van der Waals surface area contributed by atoms with Crippen molar-refractivity contribution in [1.29, 1.82) is 0 Å². The van der Waals surface area contributed by atoms with E-state index < -0.39 is 11.6 Å². The molecule has 0 atom stereocenters. The molecule has 1 amide bonds. The summed E-state index contributed by atoms with van der Waals surface area (Å²) in [5, 5.41) is 0. The van der Waals surface area contributed by atoms with Crippen LogP contribution in [0, 0.1) is 11.6 Å². The Morgan fingerprint density at radius 1 is 1.44 bits per heavy atom. The van der Waals surface area contributed by atoms with E-state index in [9.17, 15) is 13.6 Å². The van der Waals surface area contributed by atoms with Crippen LogP contribution in [0.1, 0.15) is 25.3 Å². The third kappa shape index (κ3) is 2.38. The number of benzene rings is 1. The van der Waals surface area contributed by atoms with E-state index in [1.54, 1.807) is 4.90 Å². The Bertz CT molecular complexity index is 415. The summed E-state index contributed by atoms with van der Waals surface area (Å²) in [5.41, 5.74) is 0.364. The summed E-state index contributed by atoms with van der Waals surface area (Å²) >= 11 is 0. The summed E-state index contributed by atoms with van der Waals surface area (Å²) < 4.78 is 26.1. The van der Waals surface area contributed by atoms with Crippen molar-refractivity contribution in [2.75, 3.05) is 0 Å². The van der Waals surface area contributed by atoms with Gasteiger partial charge in [0.15, 0.2) is 0 Å². The maximum Gasteiger partial charge on any atom is 0.219 e. The molecule has 1 aliphatic rings. The fraction of sp³-hybridized carbons (Fsp3) is 0.417. The SMILES string of the molecule is CC(=O)N(Cc1ccc(F)cc1F)C1CC1. The molecule has 0 radical (unpaired) electrons. The van der Waals surface area contributed by atoms with E-state index in [1.165, 1.54) is 19.1 Å². The first-order valence-corrected chi connectivity index (χ1v) is 5.29. The van der Waals surface area contributed by atoms with Gasteiger partial charge in [-0.3, -0.25) is 4.79 Å². The summed E-state index contributed by atoms with van der Waals surface area (Å²) in [4.78, 5) is 13.0. The lowest BCUT2D eigenvalue weighted by Crippen LogP contribution is -2.30. The van der Waals surface area contributed by atoms with E-state index >= 15 is 0 Å². The van der Waals surface area contributed by atoms with Crippen molar-refractivity contribution < 1.29 is 13.6 Å². The standard InChI is InChI=1S/C12H13F2NO/c1-8(16)15(11-4-5-11)7-9-2-3-10(13)6-12(9)14/h2-3,6,11H,4-5,7H2,1H3. The average molecular weight is 225 g/mol. The minimum absolute atomic E-state index is 0.0637. The Morgan fingerprint density at radius 2 is 2.12 bits per heavy atom. The van der Waals surface area contributed by atoms with Crippen molar-refractivity contribution in [2.24, 2.45) is 0 Å². The Labute approximate surface area is 92.9 Å². The predicted octanol–water partition coefficient (Wildman–Crippen LogP) is 2.48. The molecule has 0 saturated heterocycles. The second-order valence-electron chi connectivity index (χ2n) is 4.11. The zero-order chi connectivity index (χ0) is 11.7. The highest BCUT2D eigenvalue weighted by atomic mass is 19.1. The normalized spacial score (nSPS) is 14.9. The first-order chi connectivity index (χ1) is 7.58. The van der Waals surface area contributed by atoms with Gasteiger partial charge in [0.1, 0.15) is 11.6 Å². The molecule has 1 aliphatic carbocycles. The molecule has 0 aromatic heterocycles. The molecule has 4 heteroatoms. The van der Waals surface area contributed by atoms with Crippen molar-refractivity contribution >= 4 is 5.91 Å². The molecular formula is C12H13F2NO. The molecule has 0 spiro atoms. The second-order valence-corrected chi connectivity index (χ2v) is 4.11. The number of amides is 1. The third-order valence-electron chi connectivity index (χ3n) is 2.75. The van der Waals surface area contributed by atoms with Crippen molar-refractivity contribution in [3.8, 4) is 0 Å². The van der Waals surface area contributed by atoms with Gasteiger partial charge in [-0.25, -0.2) is 8.78 Å². The van der Waals surface area contributed by atoms with E-state index in [4.69, 9.17) is 0 Å². The maximum absolute atomic E-state index is 13.4. The van der Waals surface area contributed by atoms with Crippen molar-refractivity contribution in [3.63, 3.8) is 0 Å². The van der Waals surface area contributed by atoms with Crippen molar-refractivity contribution in [3.05, 3.63) is 35.4 Å². The van der Waals surface area contributed by atoms with Gasteiger partial charge in [0, 0.05) is 31.1 Å². The quantitative estimate of drug-likeness (QED) is 0.773. The van der Waals surface area contributed by atoms with Crippen LogP contribution in [0.3, 0.4) is 0 Å². The van der Waals surface area contributed by atoms with Crippen LogP contribution >= 0.6 is 0 Å². The van der Waals surface area contributed by atoms with E-state index in [0.717, 1.165) is 18.9 Å². The summed E-state index contributed by atoms with van der Waals surface area (Å²) in [6, 6.07) is 3.69. The van der Waals surface area contributed by atoms with Gasteiger partial charge in [0.25, 0.3) is 0 Å². The van der Waals surface area contributed by atoms with E-state index in [-0.39, 0.29) is 18.5 Å².